The van der Waals surface area contributed by atoms with Crippen LogP contribution in [0.1, 0.15) is 12.5 Å². The van der Waals surface area contributed by atoms with Gasteiger partial charge in [-0.25, -0.2) is 4.98 Å². The number of alkyl halides is 3. The minimum Gasteiger partial charge on any atom is -0.358 e. The van der Waals surface area contributed by atoms with Gasteiger partial charge in [-0.15, -0.1) is 0 Å². The Labute approximate surface area is 97.5 Å². The topological polar surface area (TPSA) is 39.9 Å². The highest BCUT2D eigenvalue weighted by Gasteiger charge is 2.30. The zero-order valence-corrected chi connectivity index (χ0v) is 9.49. The fraction of sp³-hybridized carbons (Fsp3) is 0.455. The maximum atomic E-state index is 12.3. The van der Waals surface area contributed by atoms with Gasteiger partial charge in [0.25, 0.3) is 0 Å². The van der Waals surface area contributed by atoms with Gasteiger partial charge in [0.2, 0.25) is 0 Å². The number of nitrogens with zero attached hydrogens (tertiary/aromatic N) is 3. The second-order valence-electron chi connectivity index (χ2n) is 3.81. The van der Waals surface area contributed by atoms with Gasteiger partial charge < -0.3 is 4.90 Å². The predicted octanol–water partition coefficient (Wildman–Crippen LogP) is 2.70. The molecule has 0 spiro atoms. The van der Waals surface area contributed by atoms with Crippen LogP contribution in [0.4, 0.5) is 19.0 Å². The molecule has 0 saturated heterocycles. The van der Waals surface area contributed by atoms with Crippen LogP contribution in [0.2, 0.25) is 0 Å². The van der Waals surface area contributed by atoms with Crippen LogP contribution in [0.15, 0.2) is 18.3 Å². The monoisotopic (exact) mass is 243 g/mol. The van der Waals surface area contributed by atoms with E-state index in [0.29, 0.717) is 12.4 Å². The quantitative estimate of drug-likeness (QED) is 0.819. The molecule has 0 fully saturated rings. The van der Waals surface area contributed by atoms with Gasteiger partial charge in [0.05, 0.1) is 17.6 Å². The first kappa shape index (κ1) is 13.3. The van der Waals surface area contributed by atoms with Crippen LogP contribution in [0.3, 0.4) is 0 Å². The van der Waals surface area contributed by atoms with Gasteiger partial charge in [0, 0.05) is 19.8 Å². The van der Waals surface area contributed by atoms with Crippen molar-refractivity contribution < 1.29 is 13.2 Å². The van der Waals surface area contributed by atoms with E-state index in [0.717, 1.165) is 12.3 Å². The van der Waals surface area contributed by atoms with Crippen LogP contribution >= 0.6 is 0 Å². The first-order chi connectivity index (χ1) is 7.84. The van der Waals surface area contributed by atoms with Crippen molar-refractivity contribution in [1.82, 2.24) is 4.98 Å². The molecule has 1 aromatic rings. The minimum absolute atomic E-state index is 0.205. The van der Waals surface area contributed by atoms with Gasteiger partial charge >= 0.3 is 6.18 Å². The summed E-state index contributed by atoms with van der Waals surface area (Å²) < 4.78 is 36.9. The standard InChI is InChI=1S/C11H12F3N3/c1-8(5-15)7-17(2)10-4-3-9(6-16-10)11(12,13)14/h3-4,6,8H,7H2,1-2H3. The van der Waals surface area contributed by atoms with Gasteiger partial charge in [-0.3, -0.25) is 0 Å². The van der Waals surface area contributed by atoms with Crippen molar-refractivity contribution in [2.24, 2.45) is 5.92 Å². The minimum atomic E-state index is -4.37. The Hall–Kier alpha value is -1.77. The summed E-state index contributed by atoms with van der Waals surface area (Å²) in [6.07, 6.45) is -3.58. The molecular weight excluding hydrogens is 231 g/mol. The van der Waals surface area contributed by atoms with Crippen molar-refractivity contribution in [3.05, 3.63) is 23.9 Å². The molecule has 1 unspecified atom stereocenters. The molecular formula is C11H12F3N3. The van der Waals surface area contributed by atoms with Gasteiger partial charge in [0.1, 0.15) is 5.82 Å². The lowest BCUT2D eigenvalue weighted by molar-refractivity contribution is -0.137. The summed E-state index contributed by atoms with van der Waals surface area (Å²) in [4.78, 5) is 5.38. The number of aromatic nitrogens is 1. The van der Waals surface area contributed by atoms with Crippen LogP contribution < -0.4 is 4.90 Å². The van der Waals surface area contributed by atoms with Crippen molar-refractivity contribution in [3.63, 3.8) is 0 Å². The molecule has 3 nitrogen and oxygen atoms in total. The molecule has 92 valence electrons. The summed E-state index contributed by atoms with van der Waals surface area (Å²) in [5.41, 5.74) is -0.775. The lowest BCUT2D eigenvalue weighted by atomic mass is 10.2. The van der Waals surface area contributed by atoms with Crippen LogP contribution in [0.5, 0.6) is 0 Å². The van der Waals surface area contributed by atoms with Gasteiger partial charge in [-0.2, -0.15) is 18.4 Å². The predicted molar refractivity (Wildman–Crippen MR) is 57.3 cm³/mol. The van der Waals surface area contributed by atoms with Crippen LogP contribution in [-0.4, -0.2) is 18.6 Å². The molecule has 0 aliphatic heterocycles. The first-order valence-electron chi connectivity index (χ1n) is 4.98. The Morgan fingerprint density at radius 1 is 1.47 bits per heavy atom. The molecule has 0 aliphatic rings. The van der Waals surface area contributed by atoms with E-state index in [1.165, 1.54) is 6.07 Å². The average molecular weight is 243 g/mol. The van der Waals surface area contributed by atoms with E-state index in [4.69, 9.17) is 5.26 Å². The SMILES string of the molecule is CC(C#N)CN(C)c1ccc(C(F)(F)F)cn1. The van der Waals surface area contributed by atoms with E-state index in [1.807, 2.05) is 0 Å². The molecule has 0 saturated carbocycles. The van der Waals surface area contributed by atoms with Crippen LogP contribution in [-0.2, 0) is 6.18 Å². The smallest absolute Gasteiger partial charge is 0.358 e. The van der Waals surface area contributed by atoms with Crippen LogP contribution in [0.25, 0.3) is 0 Å². The summed E-state index contributed by atoms with van der Waals surface area (Å²) in [6.45, 7) is 2.16. The number of halogens is 3. The van der Waals surface area contributed by atoms with E-state index in [-0.39, 0.29) is 5.92 Å². The maximum absolute atomic E-state index is 12.3. The highest BCUT2D eigenvalue weighted by molar-refractivity contribution is 5.39. The molecule has 1 rings (SSSR count). The second kappa shape index (κ2) is 5.04. The molecule has 0 radical (unpaired) electrons. The first-order valence-corrected chi connectivity index (χ1v) is 4.98. The van der Waals surface area contributed by atoms with Crippen molar-refractivity contribution in [2.75, 3.05) is 18.5 Å². The van der Waals surface area contributed by atoms with E-state index >= 15 is 0 Å². The normalized spacial score (nSPS) is 12.9. The van der Waals surface area contributed by atoms with E-state index in [2.05, 4.69) is 11.1 Å². The molecule has 1 aromatic heterocycles. The van der Waals surface area contributed by atoms with E-state index in [9.17, 15) is 13.2 Å². The Balaban J connectivity index is 2.78. The molecule has 1 atom stereocenters. The average Bonchev–Trinajstić information content (AvgIpc) is 2.27. The molecule has 0 bridgehead atoms. The lowest BCUT2D eigenvalue weighted by Gasteiger charge is -2.19. The highest BCUT2D eigenvalue weighted by Crippen LogP contribution is 2.29. The maximum Gasteiger partial charge on any atom is 0.417 e. The third-order valence-corrected chi connectivity index (χ3v) is 2.23. The molecule has 0 aliphatic carbocycles. The highest BCUT2D eigenvalue weighted by atomic mass is 19.4. The number of hydrogen-bond donors (Lipinski definition) is 0. The summed E-state index contributed by atoms with van der Waals surface area (Å²) >= 11 is 0. The van der Waals surface area contributed by atoms with E-state index in [1.54, 1.807) is 18.9 Å². The molecule has 6 heteroatoms. The van der Waals surface area contributed by atoms with Gasteiger partial charge in [-0.05, 0) is 19.1 Å². The lowest BCUT2D eigenvalue weighted by Crippen LogP contribution is -2.24. The third-order valence-electron chi connectivity index (χ3n) is 2.23. The Kier molecular flexibility index (Phi) is 3.94. The Morgan fingerprint density at radius 3 is 2.53 bits per heavy atom. The summed E-state index contributed by atoms with van der Waals surface area (Å²) in [5.74, 6) is 0.212. The van der Waals surface area contributed by atoms with E-state index < -0.39 is 11.7 Å². The summed E-state index contributed by atoms with van der Waals surface area (Å²) in [5, 5.41) is 8.64. The molecule has 0 amide bonds. The second-order valence-corrected chi connectivity index (χ2v) is 3.81. The molecule has 1 heterocycles. The van der Waals surface area contributed by atoms with Crippen molar-refractivity contribution in [3.8, 4) is 6.07 Å². The molecule has 0 N–H and O–H groups in total. The molecule has 17 heavy (non-hydrogen) atoms. The Morgan fingerprint density at radius 2 is 2.12 bits per heavy atom. The largest absolute Gasteiger partial charge is 0.417 e. The zero-order chi connectivity index (χ0) is 13.1. The fourth-order valence-electron chi connectivity index (χ4n) is 1.32. The number of anilines is 1. The van der Waals surface area contributed by atoms with Crippen molar-refractivity contribution >= 4 is 5.82 Å². The third kappa shape index (κ3) is 3.63. The number of rotatable bonds is 3. The van der Waals surface area contributed by atoms with Gasteiger partial charge in [-0.1, -0.05) is 0 Å². The summed E-state index contributed by atoms with van der Waals surface area (Å²) in [6, 6.07) is 4.33. The fourth-order valence-corrected chi connectivity index (χ4v) is 1.32. The van der Waals surface area contributed by atoms with Crippen molar-refractivity contribution in [2.45, 2.75) is 13.1 Å². The number of hydrogen-bond acceptors (Lipinski definition) is 3. The van der Waals surface area contributed by atoms with Gasteiger partial charge in [0.15, 0.2) is 0 Å². The summed E-state index contributed by atoms with van der Waals surface area (Å²) in [7, 11) is 1.68. The van der Waals surface area contributed by atoms with Crippen molar-refractivity contribution in [1.29, 1.82) is 5.26 Å². The number of nitriles is 1. The number of pyridine rings is 1. The zero-order valence-electron chi connectivity index (χ0n) is 9.49. The molecule has 0 aromatic carbocycles. The Bertz CT molecular complexity index is 405. The van der Waals surface area contributed by atoms with Crippen LogP contribution in [0, 0.1) is 17.2 Å².